The molecule has 0 spiro atoms. The van der Waals surface area contributed by atoms with Crippen LogP contribution in [0, 0.1) is 5.82 Å². The normalized spacial score (nSPS) is 12.1. The lowest BCUT2D eigenvalue weighted by molar-refractivity contribution is 0.180. The number of aliphatic hydroxyl groups excluding tert-OH is 1. The molecule has 0 saturated heterocycles. The number of rotatable bonds is 16. The standard InChI is InChI=1S/C26H39FN2O2/c1-3-4-5-6-7-8-9-12-17-31-23-15-16-24(25(27)18-23)26-28-19-22(20-29-26)14-11-10-13-21(2)30/h15-16,18-21,30H,3-14,17H2,1-2H3. The molecule has 0 radical (unpaired) electrons. The first-order valence-electron chi connectivity index (χ1n) is 12.0. The average molecular weight is 431 g/mol. The van der Waals surface area contributed by atoms with Gasteiger partial charge < -0.3 is 9.84 Å². The van der Waals surface area contributed by atoms with Crippen molar-refractivity contribution in [3.8, 4) is 17.1 Å². The summed E-state index contributed by atoms with van der Waals surface area (Å²) in [5, 5.41) is 9.30. The molecule has 2 aromatic rings. The minimum Gasteiger partial charge on any atom is -0.493 e. The van der Waals surface area contributed by atoms with Crippen LogP contribution in [0.3, 0.4) is 0 Å². The van der Waals surface area contributed by atoms with Crippen LogP contribution in [-0.2, 0) is 6.42 Å². The molecule has 5 heteroatoms. The summed E-state index contributed by atoms with van der Waals surface area (Å²) < 4.78 is 20.3. The molecule has 2 rings (SSSR count). The molecule has 0 amide bonds. The number of unbranched alkanes of at least 4 members (excludes halogenated alkanes) is 8. The number of halogens is 1. The van der Waals surface area contributed by atoms with Crippen LogP contribution >= 0.6 is 0 Å². The topological polar surface area (TPSA) is 55.2 Å². The first-order chi connectivity index (χ1) is 15.1. The van der Waals surface area contributed by atoms with Crippen molar-refractivity contribution in [3.63, 3.8) is 0 Å². The van der Waals surface area contributed by atoms with E-state index < -0.39 is 0 Å². The summed E-state index contributed by atoms with van der Waals surface area (Å²) in [5.41, 5.74) is 1.42. The monoisotopic (exact) mass is 430 g/mol. The number of aryl methyl sites for hydroxylation is 1. The second-order valence-corrected chi connectivity index (χ2v) is 8.47. The van der Waals surface area contributed by atoms with Gasteiger partial charge in [0.2, 0.25) is 0 Å². The summed E-state index contributed by atoms with van der Waals surface area (Å²) >= 11 is 0. The van der Waals surface area contributed by atoms with Crippen molar-refractivity contribution < 1.29 is 14.2 Å². The fourth-order valence-electron chi connectivity index (χ4n) is 3.58. The molecule has 0 fully saturated rings. The number of hydrogen-bond donors (Lipinski definition) is 1. The molecule has 0 saturated carbocycles. The number of hydrogen-bond acceptors (Lipinski definition) is 4. The van der Waals surface area contributed by atoms with Crippen LogP contribution in [0.5, 0.6) is 5.75 Å². The molecule has 0 aliphatic heterocycles. The first-order valence-corrected chi connectivity index (χ1v) is 12.0. The number of aliphatic hydroxyl groups is 1. The predicted molar refractivity (Wildman–Crippen MR) is 125 cm³/mol. The summed E-state index contributed by atoms with van der Waals surface area (Å²) in [6.45, 7) is 4.66. The third-order valence-electron chi connectivity index (χ3n) is 5.49. The fraction of sp³-hybridized carbons (Fsp3) is 0.615. The lowest BCUT2D eigenvalue weighted by atomic mass is 10.1. The number of nitrogens with zero attached hydrogens (tertiary/aromatic N) is 2. The van der Waals surface area contributed by atoms with Gasteiger partial charge in [-0.2, -0.15) is 0 Å². The van der Waals surface area contributed by atoms with Gasteiger partial charge in [0.25, 0.3) is 0 Å². The molecular formula is C26H39FN2O2. The zero-order valence-electron chi connectivity index (χ0n) is 19.3. The molecule has 31 heavy (non-hydrogen) atoms. The van der Waals surface area contributed by atoms with Crippen molar-refractivity contribution in [1.29, 1.82) is 0 Å². The van der Waals surface area contributed by atoms with E-state index in [1.807, 2.05) is 0 Å². The molecule has 0 aliphatic rings. The third-order valence-corrected chi connectivity index (χ3v) is 5.49. The quantitative estimate of drug-likeness (QED) is 0.294. The summed E-state index contributed by atoms with van der Waals surface area (Å²) in [7, 11) is 0. The molecule has 1 aromatic carbocycles. The van der Waals surface area contributed by atoms with E-state index in [2.05, 4.69) is 16.9 Å². The summed E-state index contributed by atoms with van der Waals surface area (Å²) in [4.78, 5) is 8.67. The smallest absolute Gasteiger partial charge is 0.162 e. The van der Waals surface area contributed by atoms with Crippen molar-refractivity contribution in [2.24, 2.45) is 0 Å². The Morgan fingerprint density at radius 1 is 0.935 bits per heavy atom. The predicted octanol–water partition coefficient (Wildman–Crippen LogP) is 6.90. The highest BCUT2D eigenvalue weighted by atomic mass is 19.1. The maximum absolute atomic E-state index is 14.6. The minimum atomic E-state index is -0.363. The van der Waals surface area contributed by atoms with E-state index in [1.54, 1.807) is 31.5 Å². The van der Waals surface area contributed by atoms with Crippen molar-refractivity contribution in [2.75, 3.05) is 6.61 Å². The van der Waals surface area contributed by atoms with Gasteiger partial charge in [-0.1, -0.05) is 58.3 Å². The van der Waals surface area contributed by atoms with Crippen LogP contribution in [0.4, 0.5) is 4.39 Å². The SMILES string of the molecule is CCCCCCCCCCOc1ccc(-c2ncc(CCCCC(C)O)cn2)c(F)c1. The van der Waals surface area contributed by atoms with Crippen LogP contribution in [0.25, 0.3) is 11.4 Å². The molecular weight excluding hydrogens is 391 g/mol. The molecule has 1 aromatic heterocycles. The molecule has 1 unspecified atom stereocenters. The number of ether oxygens (including phenoxy) is 1. The van der Waals surface area contributed by atoms with E-state index in [4.69, 9.17) is 4.74 Å². The van der Waals surface area contributed by atoms with Crippen LogP contribution in [0.15, 0.2) is 30.6 Å². The highest BCUT2D eigenvalue weighted by molar-refractivity contribution is 5.57. The van der Waals surface area contributed by atoms with Gasteiger partial charge in [0.15, 0.2) is 5.82 Å². The van der Waals surface area contributed by atoms with Crippen LogP contribution in [0.2, 0.25) is 0 Å². The van der Waals surface area contributed by atoms with E-state index in [0.29, 0.717) is 23.7 Å². The molecule has 0 aliphatic carbocycles. The van der Waals surface area contributed by atoms with Gasteiger partial charge in [0.05, 0.1) is 18.3 Å². The summed E-state index contributed by atoms with van der Waals surface area (Å²) in [6, 6.07) is 4.90. The van der Waals surface area contributed by atoms with Gasteiger partial charge >= 0.3 is 0 Å². The van der Waals surface area contributed by atoms with Gasteiger partial charge in [-0.3, -0.25) is 0 Å². The maximum Gasteiger partial charge on any atom is 0.162 e. The van der Waals surface area contributed by atoms with Gasteiger partial charge in [-0.15, -0.1) is 0 Å². The van der Waals surface area contributed by atoms with Crippen molar-refractivity contribution in [3.05, 3.63) is 42.0 Å². The maximum atomic E-state index is 14.6. The Bertz CT molecular complexity index is 735. The van der Waals surface area contributed by atoms with Crippen LogP contribution in [-0.4, -0.2) is 27.8 Å². The number of aromatic nitrogens is 2. The van der Waals surface area contributed by atoms with E-state index in [0.717, 1.165) is 44.1 Å². The molecule has 1 N–H and O–H groups in total. The Labute approximate surface area is 187 Å². The Balaban J connectivity index is 1.72. The fourth-order valence-corrected chi connectivity index (χ4v) is 3.58. The number of benzene rings is 1. The summed E-state index contributed by atoms with van der Waals surface area (Å²) in [5.74, 6) is 0.580. The van der Waals surface area contributed by atoms with Gasteiger partial charge in [0.1, 0.15) is 11.6 Å². The van der Waals surface area contributed by atoms with Crippen LogP contribution < -0.4 is 4.74 Å². The van der Waals surface area contributed by atoms with Crippen molar-refractivity contribution in [2.45, 2.75) is 97.0 Å². The average Bonchev–Trinajstić information content (AvgIpc) is 2.76. The second kappa shape index (κ2) is 14.9. The molecule has 1 heterocycles. The zero-order valence-corrected chi connectivity index (χ0v) is 19.3. The molecule has 4 nitrogen and oxygen atoms in total. The lowest BCUT2D eigenvalue weighted by Gasteiger charge is -2.09. The first kappa shape index (κ1) is 25.3. The highest BCUT2D eigenvalue weighted by Gasteiger charge is 2.10. The van der Waals surface area contributed by atoms with Gasteiger partial charge in [-0.05, 0) is 50.3 Å². The highest BCUT2D eigenvalue weighted by Crippen LogP contribution is 2.24. The largest absolute Gasteiger partial charge is 0.493 e. The Morgan fingerprint density at radius 2 is 1.61 bits per heavy atom. The Morgan fingerprint density at radius 3 is 2.26 bits per heavy atom. The second-order valence-electron chi connectivity index (χ2n) is 8.47. The van der Waals surface area contributed by atoms with E-state index >= 15 is 0 Å². The zero-order chi connectivity index (χ0) is 22.3. The van der Waals surface area contributed by atoms with Crippen LogP contribution in [0.1, 0.15) is 90.0 Å². The van der Waals surface area contributed by atoms with Crippen molar-refractivity contribution in [1.82, 2.24) is 9.97 Å². The van der Waals surface area contributed by atoms with Gasteiger partial charge in [-0.25, -0.2) is 14.4 Å². The van der Waals surface area contributed by atoms with E-state index in [1.165, 1.54) is 44.6 Å². The lowest BCUT2D eigenvalue weighted by Crippen LogP contribution is -2.00. The minimum absolute atomic E-state index is 0.256. The molecule has 1 atom stereocenters. The van der Waals surface area contributed by atoms with E-state index in [-0.39, 0.29) is 11.9 Å². The Kier molecular flexibility index (Phi) is 12.1. The van der Waals surface area contributed by atoms with Gasteiger partial charge in [0, 0.05) is 18.5 Å². The Hall–Kier alpha value is -2.01. The third kappa shape index (κ3) is 10.2. The molecule has 0 bridgehead atoms. The molecule has 172 valence electrons. The van der Waals surface area contributed by atoms with Crippen molar-refractivity contribution >= 4 is 0 Å². The summed E-state index contributed by atoms with van der Waals surface area (Å²) in [6.07, 6.45) is 16.9. The van der Waals surface area contributed by atoms with E-state index in [9.17, 15) is 9.50 Å².